The molecule has 0 aliphatic heterocycles. The van der Waals surface area contributed by atoms with E-state index in [0.717, 1.165) is 6.07 Å². The van der Waals surface area contributed by atoms with Gasteiger partial charge in [-0.2, -0.15) is 13.2 Å². The molecular formula is C11H11F3O. The molecule has 1 nitrogen and oxygen atoms in total. The molecular weight excluding hydrogens is 205 g/mol. The number of hydrogen-bond acceptors (Lipinski definition) is 1. The van der Waals surface area contributed by atoms with Crippen molar-refractivity contribution in [1.82, 2.24) is 0 Å². The summed E-state index contributed by atoms with van der Waals surface area (Å²) in [4.78, 5) is 0. The second-order valence-corrected chi connectivity index (χ2v) is 3.08. The van der Waals surface area contributed by atoms with Gasteiger partial charge in [0.15, 0.2) is 0 Å². The van der Waals surface area contributed by atoms with Gasteiger partial charge in [-0.3, -0.25) is 0 Å². The molecule has 0 aromatic heterocycles. The smallest absolute Gasteiger partial charge is 0.416 e. The minimum atomic E-state index is -4.33. The van der Waals surface area contributed by atoms with E-state index in [4.69, 9.17) is 4.74 Å². The van der Waals surface area contributed by atoms with Gasteiger partial charge in [-0.15, -0.1) is 0 Å². The fourth-order valence-electron chi connectivity index (χ4n) is 1.31. The molecule has 1 aromatic carbocycles. The topological polar surface area (TPSA) is 9.23 Å². The molecule has 0 aliphatic carbocycles. The first kappa shape index (κ1) is 11.6. The predicted molar refractivity (Wildman–Crippen MR) is 52.1 cm³/mol. The van der Waals surface area contributed by atoms with Gasteiger partial charge in [0.25, 0.3) is 0 Å². The monoisotopic (exact) mass is 216 g/mol. The minimum Gasteiger partial charge on any atom is -0.504 e. The lowest BCUT2D eigenvalue weighted by molar-refractivity contribution is -0.137. The van der Waals surface area contributed by atoms with Crippen molar-refractivity contribution in [2.45, 2.75) is 13.1 Å². The van der Waals surface area contributed by atoms with E-state index in [0.29, 0.717) is 5.57 Å². The zero-order valence-corrected chi connectivity index (χ0v) is 8.43. The predicted octanol–water partition coefficient (Wildman–Crippen LogP) is 3.71. The first-order chi connectivity index (χ1) is 6.96. The Morgan fingerprint density at radius 1 is 1.27 bits per heavy atom. The van der Waals surface area contributed by atoms with Gasteiger partial charge >= 0.3 is 6.18 Å². The van der Waals surface area contributed by atoms with Gasteiger partial charge in [0.1, 0.15) is 0 Å². The quantitative estimate of drug-likeness (QED) is 0.685. The van der Waals surface area contributed by atoms with Crippen molar-refractivity contribution in [2.24, 2.45) is 0 Å². The van der Waals surface area contributed by atoms with E-state index >= 15 is 0 Å². The number of benzene rings is 1. The van der Waals surface area contributed by atoms with E-state index in [1.54, 1.807) is 13.0 Å². The molecule has 0 fully saturated rings. The maximum atomic E-state index is 12.6. The van der Waals surface area contributed by atoms with Gasteiger partial charge in [-0.05, 0) is 24.1 Å². The van der Waals surface area contributed by atoms with Gasteiger partial charge in [0, 0.05) is 0 Å². The second kappa shape index (κ2) is 4.38. The van der Waals surface area contributed by atoms with Crippen LogP contribution in [0, 0.1) is 0 Å². The van der Waals surface area contributed by atoms with E-state index in [9.17, 15) is 13.2 Å². The third-order valence-electron chi connectivity index (χ3n) is 1.95. The van der Waals surface area contributed by atoms with E-state index < -0.39 is 11.7 Å². The maximum absolute atomic E-state index is 12.6. The van der Waals surface area contributed by atoms with Gasteiger partial charge in [-0.25, -0.2) is 0 Å². The van der Waals surface area contributed by atoms with Gasteiger partial charge in [-0.1, -0.05) is 18.2 Å². The van der Waals surface area contributed by atoms with Crippen molar-refractivity contribution in [1.29, 1.82) is 0 Å². The molecule has 0 saturated heterocycles. The van der Waals surface area contributed by atoms with Gasteiger partial charge in [0.2, 0.25) is 0 Å². The van der Waals surface area contributed by atoms with Crippen molar-refractivity contribution in [3.8, 4) is 0 Å². The van der Waals surface area contributed by atoms with Crippen LogP contribution in [0.25, 0.3) is 5.57 Å². The highest BCUT2D eigenvalue weighted by molar-refractivity contribution is 5.66. The molecule has 0 spiro atoms. The van der Waals surface area contributed by atoms with Crippen LogP contribution >= 0.6 is 0 Å². The van der Waals surface area contributed by atoms with Gasteiger partial charge in [0.05, 0.1) is 18.9 Å². The van der Waals surface area contributed by atoms with Crippen molar-refractivity contribution in [3.05, 3.63) is 41.7 Å². The van der Waals surface area contributed by atoms with Crippen LogP contribution in [0.3, 0.4) is 0 Å². The Kier molecular flexibility index (Phi) is 3.39. The Labute approximate surface area is 86.2 Å². The average Bonchev–Trinajstić information content (AvgIpc) is 2.17. The Balaban J connectivity index is 3.24. The van der Waals surface area contributed by atoms with Crippen LogP contribution in [0.5, 0.6) is 0 Å². The molecule has 0 N–H and O–H groups in total. The van der Waals surface area contributed by atoms with Crippen molar-refractivity contribution < 1.29 is 17.9 Å². The SMILES string of the molecule is COC=C(C)c1ccccc1C(F)(F)F. The highest BCUT2D eigenvalue weighted by Gasteiger charge is 2.33. The molecule has 1 rings (SSSR count). The minimum absolute atomic E-state index is 0.145. The van der Waals surface area contributed by atoms with E-state index in [1.165, 1.54) is 25.5 Å². The number of alkyl halides is 3. The van der Waals surface area contributed by atoms with Gasteiger partial charge < -0.3 is 4.74 Å². The van der Waals surface area contributed by atoms with Crippen molar-refractivity contribution in [3.63, 3.8) is 0 Å². The number of methoxy groups -OCH3 is 1. The number of halogens is 3. The van der Waals surface area contributed by atoms with Crippen LogP contribution in [0.4, 0.5) is 13.2 Å². The lowest BCUT2D eigenvalue weighted by Crippen LogP contribution is -2.08. The summed E-state index contributed by atoms with van der Waals surface area (Å²) in [7, 11) is 1.40. The number of allylic oxidation sites excluding steroid dienone is 1. The van der Waals surface area contributed by atoms with E-state index in [-0.39, 0.29) is 5.56 Å². The number of rotatable bonds is 2. The number of ether oxygens (including phenoxy) is 1. The molecule has 1 aromatic rings. The van der Waals surface area contributed by atoms with Crippen LogP contribution < -0.4 is 0 Å². The lowest BCUT2D eigenvalue weighted by atomic mass is 10.0. The third-order valence-corrected chi connectivity index (χ3v) is 1.95. The molecule has 82 valence electrons. The van der Waals surface area contributed by atoms with E-state index in [1.807, 2.05) is 0 Å². The average molecular weight is 216 g/mol. The summed E-state index contributed by atoms with van der Waals surface area (Å²) in [6.07, 6.45) is -3.04. The molecule has 0 saturated carbocycles. The summed E-state index contributed by atoms with van der Waals surface area (Å²) < 4.78 is 42.4. The zero-order chi connectivity index (χ0) is 11.5. The first-order valence-electron chi connectivity index (χ1n) is 4.33. The Hall–Kier alpha value is -1.45. The highest BCUT2D eigenvalue weighted by Crippen LogP contribution is 2.34. The molecule has 0 amide bonds. The Morgan fingerprint density at radius 3 is 2.40 bits per heavy atom. The maximum Gasteiger partial charge on any atom is 0.416 e. The fraction of sp³-hybridized carbons (Fsp3) is 0.273. The standard InChI is InChI=1S/C11H11F3O/c1-8(7-15-2)9-5-3-4-6-10(9)11(12,13)14/h3-7H,1-2H3. The van der Waals surface area contributed by atoms with E-state index in [2.05, 4.69) is 0 Å². The van der Waals surface area contributed by atoms with Crippen molar-refractivity contribution >= 4 is 5.57 Å². The van der Waals surface area contributed by atoms with Crippen LogP contribution in [-0.2, 0) is 10.9 Å². The van der Waals surface area contributed by atoms with Crippen LogP contribution in [0.1, 0.15) is 18.1 Å². The fourth-order valence-corrected chi connectivity index (χ4v) is 1.31. The van der Waals surface area contributed by atoms with Crippen LogP contribution in [0.15, 0.2) is 30.5 Å². The van der Waals surface area contributed by atoms with Crippen LogP contribution in [0.2, 0.25) is 0 Å². The molecule has 0 unspecified atom stereocenters. The summed E-state index contributed by atoms with van der Waals surface area (Å²) in [5.74, 6) is 0. The largest absolute Gasteiger partial charge is 0.504 e. The summed E-state index contributed by atoms with van der Waals surface area (Å²) in [5.41, 5.74) is -0.0481. The summed E-state index contributed by atoms with van der Waals surface area (Å²) >= 11 is 0. The summed E-state index contributed by atoms with van der Waals surface area (Å²) in [6.45, 7) is 1.58. The molecule has 15 heavy (non-hydrogen) atoms. The first-order valence-corrected chi connectivity index (χ1v) is 4.33. The molecule has 0 heterocycles. The molecule has 4 heteroatoms. The molecule has 0 aliphatic rings. The lowest BCUT2D eigenvalue weighted by Gasteiger charge is -2.12. The third kappa shape index (κ3) is 2.75. The second-order valence-electron chi connectivity index (χ2n) is 3.08. The molecule has 0 atom stereocenters. The molecule has 0 radical (unpaired) electrons. The Morgan fingerprint density at radius 2 is 1.87 bits per heavy atom. The zero-order valence-electron chi connectivity index (χ0n) is 8.43. The normalized spacial score (nSPS) is 12.7. The van der Waals surface area contributed by atoms with Crippen LogP contribution in [-0.4, -0.2) is 7.11 Å². The summed E-state index contributed by atoms with van der Waals surface area (Å²) in [5, 5.41) is 0. The number of hydrogen-bond donors (Lipinski definition) is 0. The molecule has 0 bridgehead atoms. The highest BCUT2D eigenvalue weighted by atomic mass is 19.4. The van der Waals surface area contributed by atoms with Crippen molar-refractivity contribution in [2.75, 3.05) is 7.11 Å². The Bertz CT molecular complexity index is 366. The summed E-state index contributed by atoms with van der Waals surface area (Å²) in [6, 6.07) is 5.42.